The molecule has 0 N–H and O–H groups in total. The van der Waals surface area contributed by atoms with Crippen molar-refractivity contribution in [2.45, 2.75) is 9.41 Å². The maximum absolute atomic E-state index is 11.5. The first kappa shape index (κ1) is 9.24. The molecule has 0 aromatic rings. The van der Waals surface area contributed by atoms with E-state index in [1.165, 1.54) is 0 Å². The molecule has 0 bridgehead atoms. The van der Waals surface area contributed by atoms with Crippen LogP contribution in [0.5, 0.6) is 0 Å². The van der Waals surface area contributed by atoms with Gasteiger partial charge >= 0.3 is 6.18 Å². The highest BCUT2D eigenvalue weighted by molar-refractivity contribution is 9.25. The Morgan fingerprint density at radius 2 is 1.56 bits per heavy atom. The van der Waals surface area contributed by atoms with Crippen LogP contribution in [-0.2, 0) is 0 Å². The number of nitriles is 1. The van der Waals surface area contributed by atoms with Crippen LogP contribution in [0.15, 0.2) is 0 Å². The summed E-state index contributed by atoms with van der Waals surface area (Å²) in [4.78, 5) is 0. The first-order valence-corrected chi connectivity index (χ1v) is 3.25. The van der Waals surface area contributed by atoms with E-state index in [0.29, 0.717) is 0 Å². The molecule has 0 aromatic heterocycles. The van der Waals surface area contributed by atoms with Crippen molar-refractivity contribution in [3.05, 3.63) is 0 Å². The minimum absolute atomic E-state index is 0.990. The van der Waals surface area contributed by atoms with E-state index in [4.69, 9.17) is 5.26 Å². The predicted molar refractivity (Wildman–Crippen MR) is 32.3 cm³/mol. The van der Waals surface area contributed by atoms with Crippen LogP contribution in [0.25, 0.3) is 0 Å². The molecular formula is C3Br2F3N. The number of alkyl halides is 5. The second kappa shape index (κ2) is 2.46. The van der Waals surface area contributed by atoms with E-state index in [1.807, 2.05) is 0 Å². The molecule has 0 amide bonds. The second-order valence-corrected chi connectivity index (χ2v) is 4.63. The Bertz CT molecular complexity index is 144. The first-order chi connectivity index (χ1) is 3.81. The van der Waals surface area contributed by atoms with E-state index in [9.17, 15) is 13.2 Å². The molecule has 52 valence electrons. The zero-order valence-corrected chi connectivity index (χ0v) is 7.01. The Balaban J connectivity index is 4.39. The fourth-order valence-corrected chi connectivity index (χ4v) is 0.0634. The summed E-state index contributed by atoms with van der Waals surface area (Å²) in [5.74, 6) is 0. The number of rotatable bonds is 0. The van der Waals surface area contributed by atoms with Crippen molar-refractivity contribution in [3.8, 4) is 6.07 Å². The molecule has 0 unspecified atom stereocenters. The zero-order valence-electron chi connectivity index (χ0n) is 3.84. The lowest BCUT2D eigenvalue weighted by atomic mass is 10.5. The average Bonchev–Trinajstić information content (AvgIpc) is 1.64. The van der Waals surface area contributed by atoms with Gasteiger partial charge in [0.1, 0.15) is 6.07 Å². The predicted octanol–water partition coefficient (Wildman–Crippen LogP) is 2.56. The van der Waals surface area contributed by atoms with Crippen LogP contribution in [0.4, 0.5) is 13.2 Å². The van der Waals surface area contributed by atoms with Crippen molar-refractivity contribution in [3.63, 3.8) is 0 Å². The molecule has 0 heterocycles. The minimum Gasteiger partial charge on any atom is -0.195 e. The summed E-state index contributed by atoms with van der Waals surface area (Å²) in [6, 6.07) is 0.990. The van der Waals surface area contributed by atoms with Crippen LogP contribution in [-0.4, -0.2) is 9.41 Å². The number of hydrogen-bond donors (Lipinski definition) is 0. The lowest BCUT2D eigenvalue weighted by Gasteiger charge is -2.14. The average molecular weight is 267 g/mol. The Labute approximate surface area is 66.1 Å². The van der Waals surface area contributed by atoms with Crippen molar-refractivity contribution in [1.29, 1.82) is 5.26 Å². The fraction of sp³-hybridized carbons (Fsp3) is 0.667. The third kappa shape index (κ3) is 2.14. The Hall–Kier alpha value is 0.240. The van der Waals surface area contributed by atoms with Gasteiger partial charge in [-0.1, -0.05) is 0 Å². The van der Waals surface area contributed by atoms with Crippen LogP contribution >= 0.6 is 31.9 Å². The van der Waals surface area contributed by atoms with Gasteiger partial charge in [0.25, 0.3) is 3.23 Å². The summed E-state index contributed by atoms with van der Waals surface area (Å²) < 4.78 is 32.0. The maximum atomic E-state index is 11.5. The van der Waals surface area contributed by atoms with Gasteiger partial charge in [-0.2, -0.15) is 18.4 Å². The van der Waals surface area contributed by atoms with Crippen LogP contribution < -0.4 is 0 Å². The van der Waals surface area contributed by atoms with Gasteiger partial charge in [-0.3, -0.25) is 0 Å². The third-order valence-corrected chi connectivity index (χ3v) is 1.75. The molecule has 1 nitrogen and oxygen atoms in total. The summed E-state index contributed by atoms with van der Waals surface area (Å²) in [7, 11) is 0. The van der Waals surface area contributed by atoms with Gasteiger partial charge < -0.3 is 0 Å². The molecule has 0 rings (SSSR count). The molecule has 9 heavy (non-hydrogen) atoms. The van der Waals surface area contributed by atoms with E-state index >= 15 is 0 Å². The van der Waals surface area contributed by atoms with Crippen LogP contribution in [0.3, 0.4) is 0 Å². The molecular weight excluding hydrogens is 267 g/mol. The topological polar surface area (TPSA) is 23.8 Å². The van der Waals surface area contributed by atoms with Gasteiger partial charge in [0.15, 0.2) is 0 Å². The number of halogens is 5. The minimum atomic E-state index is -4.58. The zero-order chi connectivity index (χ0) is 7.71. The highest BCUT2D eigenvalue weighted by Gasteiger charge is 2.52. The van der Waals surface area contributed by atoms with E-state index < -0.39 is 9.41 Å². The molecule has 0 aliphatic rings. The van der Waals surface area contributed by atoms with E-state index in [1.54, 1.807) is 0 Å². The van der Waals surface area contributed by atoms with Crippen LogP contribution in [0.2, 0.25) is 0 Å². The first-order valence-electron chi connectivity index (χ1n) is 1.67. The number of hydrogen-bond acceptors (Lipinski definition) is 1. The standard InChI is InChI=1S/C3Br2F3N/c4-2(5,1-9)3(6,7)8. The second-order valence-electron chi connectivity index (χ2n) is 1.18. The summed E-state index contributed by atoms with van der Waals surface area (Å²) >= 11 is 4.26. The van der Waals surface area contributed by atoms with Crippen molar-refractivity contribution in [1.82, 2.24) is 0 Å². The Morgan fingerprint density at radius 1 is 1.22 bits per heavy atom. The molecule has 0 fully saturated rings. The van der Waals surface area contributed by atoms with E-state index in [2.05, 4.69) is 31.9 Å². The molecule has 0 spiro atoms. The fourth-order valence-electron chi connectivity index (χ4n) is 0.0634. The maximum Gasteiger partial charge on any atom is 0.426 e. The van der Waals surface area contributed by atoms with Gasteiger partial charge in [-0.05, 0) is 31.9 Å². The molecule has 0 aliphatic heterocycles. The van der Waals surface area contributed by atoms with Gasteiger partial charge in [-0.25, -0.2) is 0 Å². The lowest BCUT2D eigenvalue weighted by Crippen LogP contribution is -2.30. The quantitative estimate of drug-likeness (QED) is 0.618. The molecule has 0 aliphatic carbocycles. The molecule has 0 atom stereocenters. The number of nitrogens with zero attached hydrogens (tertiary/aromatic N) is 1. The van der Waals surface area contributed by atoms with Crippen molar-refractivity contribution >= 4 is 31.9 Å². The molecule has 0 radical (unpaired) electrons. The molecule has 6 heteroatoms. The van der Waals surface area contributed by atoms with Gasteiger partial charge in [0.2, 0.25) is 0 Å². The highest BCUT2D eigenvalue weighted by Crippen LogP contribution is 2.42. The van der Waals surface area contributed by atoms with Crippen molar-refractivity contribution < 1.29 is 13.2 Å². The van der Waals surface area contributed by atoms with Gasteiger partial charge in [-0.15, -0.1) is 0 Å². The third-order valence-electron chi connectivity index (χ3n) is 0.496. The lowest BCUT2D eigenvalue weighted by molar-refractivity contribution is -0.123. The summed E-state index contributed by atoms with van der Waals surface area (Å²) in [6.07, 6.45) is -4.58. The van der Waals surface area contributed by atoms with Gasteiger partial charge in [0.05, 0.1) is 0 Å². The monoisotopic (exact) mass is 265 g/mol. The normalized spacial score (nSPS) is 12.9. The molecule has 0 saturated carbocycles. The van der Waals surface area contributed by atoms with Crippen LogP contribution in [0, 0.1) is 11.3 Å². The van der Waals surface area contributed by atoms with E-state index in [0.717, 1.165) is 6.07 Å². The largest absolute Gasteiger partial charge is 0.426 e. The molecule has 0 saturated heterocycles. The van der Waals surface area contributed by atoms with Crippen LogP contribution in [0.1, 0.15) is 0 Å². The smallest absolute Gasteiger partial charge is 0.195 e. The summed E-state index contributed by atoms with van der Waals surface area (Å²) in [5.41, 5.74) is 0. The summed E-state index contributed by atoms with van der Waals surface area (Å²) in [6.45, 7) is 0. The van der Waals surface area contributed by atoms with Gasteiger partial charge in [0, 0.05) is 0 Å². The van der Waals surface area contributed by atoms with E-state index in [-0.39, 0.29) is 0 Å². The molecule has 0 aromatic carbocycles. The SMILES string of the molecule is N#CC(Br)(Br)C(F)(F)F. The Morgan fingerprint density at radius 3 is 1.56 bits per heavy atom. The van der Waals surface area contributed by atoms with Crippen molar-refractivity contribution in [2.75, 3.05) is 0 Å². The Kier molecular flexibility index (Phi) is 2.53. The van der Waals surface area contributed by atoms with Crippen molar-refractivity contribution in [2.24, 2.45) is 0 Å². The highest BCUT2D eigenvalue weighted by atomic mass is 79.9. The summed E-state index contributed by atoms with van der Waals surface area (Å²) in [5, 5.41) is 7.87.